The number of hydrogen-bond acceptors (Lipinski definition) is 5. The van der Waals surface area contributed by atoms with E-state index in [9.17, 15) is 13.2 Å². The molecule has 1 aromatic heterocycles. The average Bonchev–Trinajstić information content (AvgIpc) is 2.65. The van der Waals surface area contributed by atoms with Crippen LogP contribution in [0.4, 0.5) is 0 Å². The number of allylic oxidation sites excluding steroid dienone is 2. The highest BCUT2D eigenvalue weighted by Gasteiger charge is 2.13. The number of rotatable bonds is 8. The fourth-order valence-electron chi connectivity index (χ4n) is 3.27. The van der Waals surface area contributed by atoms with Crippen LogP contribution in [-0.4, -0.2) is 29.5 Å². The van der Waals surface area contributed by atoms with Crippen LogP contribution in [-0.2, 0) is 16.6 Å². The second-order valence-corrected chi connectivity index (χ2v) is 9.59. The first-order valence-electron chi connectivity index (χ1n) is 9.25. The van der Waals surface area contributed by atoms with Crippen molar-refractivity contribution in [3.63, 3.8) is 0 Å². The summed E-state index contributed by atoms with van der Waals surface area (Å²) in [5.74, 6) is 0.481. The van der Waals surface area contributed by atoms with Crippen LogP contribution < -0.4 is 10.7 Å². The molecule has 0 fully saturated rings. The van der Waals surface area contributed by atoms with Gasteiger partial charge in [0.1, 0.15) is 0 Å². The van der Waals surface area contributed by atoms with E-state index in [-0.39, 0.29) is 11.3 Å². The van der Waals surface area contributed by atoms with E-state index >= 15 is 0 Å². The maximum absolute atomic E-state index is 13.0. The summed E-state index contributed by atoms with van der Waals surface area (Å²) < 4.78 is 24.0. The molecule has 0 bridgehead atoms. The molecule has 2 aromatic rings. The number of para-hydroxylation sites is 1. The monoisotopic (exact) mass is 407 g/mol. The molecular weight excluding hydrogens is 382 g/mol. The smallest absolute Gasteiger partial charge is 0.262 e. The summed E-state index contributed by atoms with van der Waals surface area (Å²) in [6, 6.07) is 7.34. The average molecular weight is 408 g/mol. The first-order valence-corrected chi connectivity index (χ1v) is 11.9. The Bertz CT molecular complexity index is 997. The third-order valence-corrected chi connectivity index (χ3v) is 6.59. The summed E-state index contributed by atoms with van der Waals surface area (Å²) in [7, 11) is -3.47. The van der Waals surface area contributed by atoms with Crippen LogP contribution in [0, 0.1) is 0 Å². The zero-order valence-electron chi connectivity index (χ0n) is 15.3. The lowest BCUT2D eigenvalue weighted by Crippen LogP contribution is -2.24. The van der Waals surface area contributed by atoms with Crippen molar-refractivity contribution in [2.45, 2.75) is 50.2 Å². The van der Waals surface area contributed by atoms with Crippen molar-refractivity contribution in [1.29, 1.82) is 0 Å². The SMILES string of the molecule is NS(=O)(=O)CCCSc1nc2ccccc2c(=O)n1CCC1=CCCCC1. The summed E-state index contributed by atoms with van der Waals surface area (Å²) >= 11 is 1.42. The van der Waals surface area contributed by atoms with Gasteiger partial charge in [0.25, 0.3) is 5.56 Å². The minimum atomic E-state index is -3.47. The van der Waals surface area contributed by atoms with Crippen LogP contribution in [0.25, 0.3) is 10.9 Å². The lowest BCUT2D eigenvalue weighted by molar-refractivity contribution is 0.569. The number of nitrogens with two attached hydrogens (primary N) is 1. The van der Waals surface area contributed by atoms with E-state index in [4.69, 9.17) is 5.14 Å². The van der Waals surface area contributed by atoms with Gasteiger partial charge in [-0.2, -0.15) is 0 Å². The standard InChI is InChI=1S/C19H25N3O3S2/c20-27(24,25)14-6-13-26-19-21-17-10-5-4-9-16(17)18(23)22(19)12-11-15-7-2-1-3-8-15/h4-5,7,9-10H,1-3,6,8,11-14H2,(H2,20,24,25). The number of benzene rings is 1. The third-order valence-electron chi connectivity index (χ3n) is 4.67. The predicted octanol–water partition coefficient (Wildman–Crippen LogP) is 3.06. The van der Waals surface area contributed by atoms with Gasteiger partial charge in [0.2, 0.25) is 10.0 Å². The molecule has 1 heterocycles. The second-order valence-electron chi connectivity index (χ2n) is 6.80. The van der Waals surface area contributed by atoms with Crippen LogP contribution >= 0.6 is 11.8 Å². The minimum Gasteiger partial charge on any atom is -0.287 e. The van der Waals surface area contributed by atoms with E-state index in [1.54, 1.807) is 10.6 Å². The van der Waals surface area contributed by atoms with Crippen LogP contribution in [0.2, 0.25) is 0 Å². The van der Waals surface area contributed by atoms with E-state index < -0.39 is 10.0 Å². The van der Waals surface area contributed by atoms with Crippen molar-refractivity contribution >= 4 is 32.7 Å². The van der Waals surface area contributed by atoms with Crippen molar-refractivity contribution in [3.8, 4) is 0 Å². The van der Waals surface area contributed by atoms with Crippen molar-refractivity contribution in [2.24, 2.45) is 5.14 Å². The van der Waals surface area contributed by atoms with Gasteiger partial charge in [-0.15, -0.1) is 0 Å². The molecule has 2 N–H and O–H groups in total. The molecule has 8 heteroatoms. The normalized spacial score (nSPS) is 15.1. The Morgan fingerprint density at radius 3 is 2.78 bits per heavy atom. The summed E-state index contributed by atoms with van der Waals surface area (Å²) in [5.41, 5.74) is 2.04. The second kappa shape index (κ2) is 9.03. The Morgan fingerprint density at radius 2 is 2.04 bits per heavy atom. The van der Waals surface area contributed by atoms with Crippen LogP contribution in [0.1, 0.15) is 38.5 Å². The van der Waals surface area contributed by atoms with Gasteiger partial charge in [-0.25, -0.2) is 18.5 Å². The first kappa shape index (κ1) is 20.1. The van der Waals surface area contributed by atoms with Gasteiger partial charge < -0.3 is 0 Å². The Kier molecular flexibility index (Phi) is 6.73. The van der Waals surface area contributed by atoms with Crippen LogP contribution in [0.15, 0.2) is 45.9 Å². The highest BCUT2D eigenvalue weighted by Crippen LogP contribution is 2.23. The molecule has 1 aliphatic carbocycles. The van der Waals surface area contributed by atoms with Gasteiger partial charge in [0.05, 0.1) is 16.7 Å². The van der Waals surface area contributed by atoms with E-state index in [1.807, 2.05) is 18.2 Å². The Balaban J connectivity index is 1.82. The van der Waals surface area contributed by atoms with Gasteiger partial charge in [-0.1, -0.05) is 35.5 Å². The molecule has 6 nitrogen and oxygen atoms in total. The maximum atomic E-state index is 13.0. The number of aromatic nitrogens is 2. The van der Waals surface area contributed by atoms with Gasteiger partial charge in [-0.3, -0.25) is 9.36 Å². The molecule has 3 rings (SSSR count). The van der Waals surface area contributed by atoms with Crippen LogP contribution in [0.5, 0.6) is 0 Å². The number of thioether (sulfide) groups is 1. The predicted molar refractivity (Wildman–Crippen MR) is 110 cm³/mol. The molecular formula is C19H25N3O3S2. The molecule has 0 atom stereocenters. The molecule has 1 aliphatic rings. The number of primary sulfonamides is 1. The highest BCUT2D eigenvalue weighted by molar-refractivity contribution is 7.99. The number of fused-ring (bicyclic) bond motifs is 1. The Morgan fingerprint density at radius 1 is 1.22 bits per heavy atom. The van der Waals surface area contributed by atoms with E-state index in [0.717, 1.165) is 19.3 Å². The lowest BCUT2D eigenvalue weighted by atomic mass is 9.97. The molecule has 1 aromatic carbocycles. The maximum Gasteiger partial charge on any atom is 0.262 e. The molecule has 146 valence electrons. The Hall–Kier alpha value is -1.64. The summed E-state index contributed by atoms with van der Waals surface area (Å²) in [4.78, 5) is 17.6. The largest absolute Gasteiger partial charge is 0.287 e. The topological polar surface area (TPSA) is 95.1 Å². The zero-order valence-corrected chi connectivity index (χ0v) is 16.9. The van der Waals surface area contributed by atoms with Gasteiger partial charge in [-0.05, 0) is 50.7 Å². The van der Waals surface area contributed by atoms with E-state index in [2.05, 4.69) is 11.1 Å². The van der Waals surface area contributed by atoms with Gasteiger partial charge >= 0.3 is 0 Å². The van der Waals surface area contributed by atoms with Crippen molar-refractivity contribution in [3.05, 3.63) is 46.3 Å². The summed E-state index contributed by atoms with van der Waals surface area (Å²) in [6.45, 7) is 0.597. The zero-order chi connectivity index (χ0) is 19.3. The first-order chi connectivity index (χ1) is 12.9. The quantitative estimate of drug-likeness (QED) is 0.314. The van der Waals surface area contributed by atoms with Crippen molar-refractivity contribution < 1.29 is 8.42 Å². The minimum absolute atomic E-state index is 0.0362. The molecule has 27 heavy (non-hydrogen) atoms. The number of sulfonamides is 1. The fraction of sp³-hybridized carbons (Fsp3) is 0.474. The van der Waals surface area contributed by atoms with Crippen LogP contribution in [0.3, 0.4) is 0 Å². The van der Waals surface area contributed by atoms with E-state index in [1.165, 1.54) is 30.2 Å². The summed E-state index contributed by atoms with van der Waals surface area (Å²) in [5, 5.41) is 6.32. The van der Waals surface area contributed by atoms with Gasteiger partial charge in [0.15, 0.2) is 5.16 Å². The van der Waals surface area contributed by atoms with Gasteiger partial charge in [0, 0.05) is 12.3 Å². The molecule has 0 radical (unpaired) electrons. The fourth-order valence-corrected chi connectivity index (χ4v) is 4.96. The molecule has 0 spiro atoms. The summed E-state index contributed by atoms with van der Waals surface area (Å²) in [6.07, 6.45) is 8.25. The molecule has 0 aliphatic heterocycles. The Labute approximate surface area is 163 Å². The van der Waals surface area contributed by atoms with Crippen molar-refractivity contribution in [2.75, 3.05) is 11.5 Å². The molecule has 0 saturated heterocycles. The van der Waals surface area contributed by atoms with E-state index in [0.29, 0.717) is 34.8 Å². The number of hydrogen-bond donors (Lipinski definition) is 1. The van der Waals surface area contributed by atoms with Crippen molar-refractivity contribution in [1.82, 2.24) is 9.55 Å². The molecule has 0 amide bonds. The highest BCUT2D eigenvalue weighted by atomic mass is 32.2. The molecule has 0 unspecified atom stereocenters. The lowest BCUT2D eigenvalue weighted by Gasteiger charge is -2.16. The number of nitrogens with zero attached hydrogens (tertiary/aromatic N) is 2. The third kappa shape index (κ3) is 5.67. The molecule has 0 saturated carbocycles.